The minimum atomic E-state index is -5.97. The van der Waals surface area contributed by atoms with Gasteiger partial charge in [-0.1, -0.05) is 6.92 Å². The van der Waals surface area contributed by atoms with E-state index in [1.807, 2.05) is 0 Å². The quantitative estimate of drug-likeness (QED) is 0.147. The molecule has 0 aliphatic carbocycles. The van der Waals surface area contributed by atoms with E-state index in [1.54, 1.807) is 6.92 Å². The van der Waals surface area contributed by atoms with Crippen LogP contribution in [0.1, 0.15) is 6.92 Å². The second-order valence-electron chi connectivity index (χ2n) is 8.07. The maximum Gasteiger partial charge on any atom is 0.454 e. The maximum absolute atomic E-state index is 11.8. The molecule has 12 nitrogen and oxygen atoms in total. The summed E-state index contributed by atoms with van der Waals surface area (Å²) in [5.74, 6) is -24.2. The summed E-state index contributed by atoms with van der Waals surface area (Å²) in [6, 6.07) is 0. The number of hydrogen-bond donors (Lipinski definition) is 6. The molecule has 0 aromatic heterocycles. The van der Waals surface area contributed by atoms with Crippen LogP contribution in [0, 0.1) is 5.41 Å². The summed E-state index contributed by atoms with van der Waals surface area (Å²) in [5.41, 5.74) is -0.708. The molecule has 0 aromatic rings. The molecule has 0 aliphatic rings. The van der Waals surface area contributed by atoms with Crippen LogP contribution in [-0.4, -0.2) is 128 Å². The van der Waals surface area contributed by atoms with Crippen LogP contribution in [0.15, 0.2) is 0 Å². The minimum absolute atomic E-state index is 0.181. The highest BCUT2D eigenvalue weighted by Gasteiger charge is 2.61. The Hall–Kier alpha value is -1.44. The molecule has 30 heteroatoms. The van der Waals surface area contributed by atoms with Crippen molar-refractivity contribution in [1.82, 2.24) is 0 Å². The van der Waals surface area contributed by atoms with Gasteiger partial charge < -0.3 is 15.3 Å². The van der Waals surface area contributed by atoms with Crippen molar-refractivity contribution in [2.45, 2.75) is 43.2 Å². The average molecular weight is 762 g/mol. The summed E-state index contributed by atoms with van der Waals surface area (Å²) in [7, 11) is -16.0. The van der Waals surface area contributed by atoms with E-state index < -0.39 is 89.3 Å². The van der Waals surface area contributed by atoms with Gasteiger partial charge in [0.05, 0.1) is 19.8 Å². The highest BCUT2D eigenvalue weighted by Crippen LogP contribution is 2.37. The first kappa shape index (κ1) is 49.4. The largest absolute Gasteiger partial charge is 0.454 e. The highest BCUT2D eigenvalue weighted by molar-refractivity contribution is 7.86. The van der Waals surface area contributed by atoms with Crippen molar-refractivity contribution in [1.29, 1.82) is 0 Å². The van der Waals surface area contributed by atoms with Crippen LogP contribution in [-0.2, 0) is 30.4 Å². The van der Waals surface area contributed by atoms with Crippen LogP contribution in [0.5, 0.6) is 0 Å². The Morgan fingerprint density at radius 1 is 0.409 bits per heavy atom. The molecule has 0 radical (unpaired) electrons. The summed E-state index contributed by atoms with van der Waals surface area (Å²) >= 11 is 0. The summed E-state index contributed by atoms with van der Waals surface area (Å²) in [5, 5.41) is 25.4. The normalized spacial score (nSPS) is 14.3. The van der Waals surface area contributed by atoms with Gasteiger partial charge in [0.2, 0.25) is 0 Å². The fraction of sp³-hybridized carbons (Fsp3) is 1.00. The molecular formula is C14H21F15O12S3. The average Bonchev–Trinajstić information content (AvgIpc) is 2.67. The number of rotatable bonds is 9. The van der Waals surface area contributed by atoms with Crippen molar-refractivity contribution in [3.8, 4) is 0 Å². The molecule has 0 rings (SSSR count). The van der Waals surface area contributed by atoms with Gasteiger partial charge in [0.1, 0.15) is 17.3 Å². The molecule has 0 atom stereocenters. The van der Waals surface area contributed by atoms with Crippen LogP contribution in [0.3, 0.4) is 0 Å². The van der Waals surface area contributed by atoms with Gasteiger partial charge in [-0.05, 0) is 0 Å². The number of halogens is 15. The van der Waals surface area contributed by atoms with Gasteiger partial charge in [-0.15, -0.1) is 0 Å². The lowest BCUT2D eigenvalue weighted by Gasteiger charge is -2.20. The van der Waals surface area contributed by atoms with E-state index in [4.69, 9.17) is 29.0 Å². The van der Waals surface area contributed by atoms with Crippen molar-refractivity contribution >= 4 is 30.4 Å². The van der Waals surface area contributed by atoms with E-state index in [-0.39, 0.29) is 19.8 Å². The first-order valence-electron chi connectivity index (χ1n) is 9.57. The Kier molecular flexibility index (Phi) is 18.4. The molecule has 0 fully saturated rings. The van der Waals surface area contributed by atoms with Crippen molar-refractivity contribution in [3.63, 3.8) is 0 Å². The molecule has 44 heavy (non-hydrogen) atoms. The van der Waals surface area contributed by atoms with Gasteiger partial charge >= 0.3 is 36.3 Å². The smallest absolute Gasteiger partial charge is 0.396 e. The van der Waals surface area contributed by atoms with Crippen LogP contribution in [0.25, 0.3) is 0 Å². The summed E-state index contributed by atoms with van der Waals surface area (Å²) in [4.78, 5) is 0. The van der Waals surface area contributed by atoms with E-state index in [9.17, 15) is 91.1 Å². The third-order valence-corrected chi connectivity index (χ3v) is 5.66. The predicted molar refractivity (Wildman–Crippen MR) is 112 cm³/mol. The standard InChI is InChI=1S/C5H12O3.3C3H3F5O3S/c1-5(2-6,3-7)4-8;3*4-2(5,3(6,7)8)1-12(9,10)11/h6-8H,2-4H2,1H3;3*1H2,(H,9,10,11). The first-order valence-corrected chi connectivity index (χ1v) is 14.4. The maximum atomic E-state index is 11.8. The van der Waals surface area contributed by atoms with Crippen LogP contribution in [0.4, 0.5) is 65.9 Å². The fourth-order valence-corrected chi connectivity index (χ4v) is 2.95. The molecule has 0 saturated heterocycles. The molecule has 0 spiro atoms. The van der Waals surface area contributed by atoms with Crippen molar-refractivity contribution in [2.24, 2.45) is 5.41 Å². The Morgan fingerprint density at radius 3 is 0.568 bits per heavy atom. The second kappa shape index (κ2) is 16.4. The Morgan fingerprint density at radius 2 is 0.545 bits per heavy atom. The first-order chi connectivity index (χ1) is 18.6. The van der Waals surface area contributed by atoms with Gasteiger partial charge in [-0.25, -0.2) is 0 Å². The van der Waals surface area contributed by atoms with Gasteiger partial charge in [-0.2, -0.15) is 91.1 Å². The highest BCUT2D eigenvalue weighted by atomic mass is 32.2. The van der Waals surface area contributed by atoms with E-state index in [1.165, 1.54) is 0 Å². The molecule has 6 N–H and O–H groups in total. The number of alkyl halides is 15. The molecule has 272 valence electrons. The van der Waals surface area contributed by atoms with Crippen LogP contribution in [0.2, 0.25) is 0 Å². The van der Waals surface area contributed by atoms with E-state index in [2.05, 4.69) is 0 Å². The lowest BCUT2D eigenvalue weighted by molar-refractivity contribution is -0.271. The molecule has 0 aromatic carbocycles. The Balaban J connectivity index is -0.000000245. The lowest BCUT2D eigenvalue weighted by atomic mass is 9.95. The third-order valence-electron chi connectivity index (χ3n) is 3.48. The summed E-state index contributed by atoms with van der Waals surface area (Å²) in [6.45, 7) is 1.06. The SMILES string of the molecule is CC(CO)(CO)CO.O=S(=O)(O)CC(F)(F)C(F)(F)F.O=S(=O)(O)CC(F)(F)C(F)(F)F.O=S(=O)(O)CC(F)(F)C(F)(F)F. The zero-order chi connectivity index (χ0) is 37.2. The number of aliphatic hydroxyl groups is 3. The van der Waals surface area contributed by atoms with Crippen molar-refractivity contribution < 1.29 is 120 Å². The minimum Gasteiger partial charge on any atom is -0.396 e. The second-order valence-corrected chi connectivity index (χ2v) is 12.4. The van der Waals surface area contributed by atoms with Crippen LogP contribution < -0.4 is 0 Å². The van der Waals surface area contributed by atoms with Crippen molar-refractivity contribution in [3.05, 3.63) is 0 Å². The third kappa shape index (κ3) is 23.0. The van der Waals surface area contributed by atoms with Gasteiger partial charge in [0, 0.05) is 5.41 Å². The molecule has 0 unspecified atom stereocenters. The number of aliphatic hydroxyl groups excluding tert-OH is 3. The zero-order valence-corrected chi connectivity index (χ0v) is 23.2. The van der Waals surface area contributed by atoms with Crippen LogP contribution >= 0.6 is 0 Å². The molecule has 0 amide bonds. The van der Waals surface area contributed by atoms with Gasteiger partial charge in [0.15, 0.2) is 0 Å². The molecule has 0 bridgehead atoms. The lowest BCUT2D eigenvalue weighted by Crippen LogP contribution is -2.42. The summed E-state index contributed by atoms with van der Waals surface area (Å²) < 4.78 is 253. The molecule has 0 heterocycles. The monoisotopic (exact) mass is 762 g/mol. The molecular weight excluding hydrogens is 741 g/mol. The van der Waals surface area contributed by atoms with Gasteiger partial charge in [-0.3, -0.25) is 13.7 Å². The van der Waals surface area contributed by atoms with E-state index >= 15 is 0 Å². The van der Waals surface area contributed by atoms with Crippen molar-refractivity contribution in [2.75, 3.05) is 37.1 Å². The number of hydrogen-bond acceptors (Lipinski definition) is 9. The predicted octanol–water partition coefficient (Wildman–Crippen LogP) is 2.19. The fourth-order valence-electron chi connectivity index (χ4n) is 1.08. The Labute approximate surface area is 236 Å². The van der Waals surface area contributed by atoms with Gasteiger partial charge in [0.25, 0.3) is 30.4 Å². The van der Waals surface area contributed by atoms with E-state index in [0.717, 1.165) is 0 Å². The molecule has 0 saturated carbocycles. The molecule has 0 aliphatic heterocycles. The topological polar surface area (TPSA) is 224 Å². The van der Waals surface area contributed by atoms with E-state index in [0.29, 0.717) is 0 Å². The Bertz CT molecular complexity index is 1030. The summed E-state index contributed by atoms with van der Waals surface area (Å²) in [6.07, 6.45) is -17.9. The zero-order valence-electron chi connectivity index (χ0n) is 20.8.